The fourth-order valence-electron chi connectivity index (χ4n) is 2.11. The number of nitrogens with one attached hydrogen (secondary N) is 1. The van der Waals surface area contributed by atoms with Crippen molar-refractivity contribution in [2.75, 3.05) is 5.73 Å². The number of aryl methyl sites for hydroxylation is 1. The first-order valence-electron chi connectivity index (χ1n) is 5.26. The Morgan fingerprint density at radius 3 is 2.94 bits per heavy atom. The van der Waals surface area contributed by atoms with Crippen LogP contribution in [0, 0.1) is 0 Å². The van der Waals surface area contributed by atoms with Crippen LogP contribution in [-0.2, 0) is 7.05 Å². The summed E-state index contributed by atoms with van der Waals surface area (Å²) >= 11 is 0. The Balaban J connectivity index is 2.35. The standard InChI is InChI=1S/C12H12N4O/c1-16-9(5-11(13)15-16)7-6-14-8-3-2-4-10(17)12(7)8/h2-6,14,17H,1H3,(H2,13,15). The highest BCUT2D eigenvalue weighted by Crippen LogP contribution is 2.34. The summed E-state index contributed by atoms with van der Waals surface area (Å²) in [5, 5.41) is 14.8. The summed E-state index contributed by atoms with van der Waals surface area (Å²) in [5.74, 6) is 0.714. The van der Waals surface area contributed by atoms with Gasteiger partial charge >= 0.3 is 0 Å². The number of aromatic amines is 1. The number of hydrogen-bond donors (Lipinski definition) is 3. The third-order valence-electron chi connectivity index (χ3n) is 2.86. The number of rotatable bonds is 1. The number of aromatic nitrogens is 3. The maximum atomic E-state index is 9.92. The van der Waals surface area contributed by atoms with Gasteiger partial charge in [0.05, 0.1) is 11.1 Å². The average molecular weight is 228 g/mol. The Morgan fingerprint density at radius 1 is 1.41 bits per heavy atom. The molecule has 0 saturated carbocycles. The second-order valence-electron chi connectivity index (χ2n) is 3.98. The zero-order valence-electron chi connectivity index (χ0n) is 9.31. The van der Waals surface area contributed by atoms with Gasteiger partial charge in [0.25, 0.3) is 0 Å². The predicted octanol–water partition coefficient (Wildman–Crippen LogP) is 1.86. The molecule has 5 nitrogen and oxygen atoms in total. The Bertz CT molecular complexity index is 696. The second-order valence-corrected chi connectivity index (χ2v) is 3.98. The van der Waals surface area contributed by atoms with Gasteiger partial charge < -0.3 is 15.8 Å². The molecule has 0 aliphatic rings. The molecular weight excluding hydrogens is 216 g/mol. The number of phenolic OH excluding ortho intramolecular Hbond substituents is 1. The van der Waals surface area contributed by atoms with E-state index in [1.807, 2.05) is 19.3 Å². The number of fused-ring (bicyclic) bond motifs is 1. The lowest BCUT2D eigenvalue weighted by Gasteiger charge is -2.01. The number of H-pyrrole nitrogens is 1. The van der Waals surface area contributed by atoms with E-state index >= 15 is 0 Å². The first-order chi connectivity index (χ1) is 8.16. The molecule has 4 N–H and O–H groups in total. The maximum Gasteiger partial charge on any atom is 0.146 e. The molecule has 0 aliphatic carbocycles. The van der Waals surface area contributed by atoms with Crippen LogP contribution >= 0.6 is 0 Å². The first kappa shape index (κ1) is 9.77. The topological polar surface area (TPSA) is 79.9 Å². The lowest BCUT2D eigenvalue weighted by molar-refractivity contribution is 0.482. The van der Waals surface area contributed by atoms with Gasteiger partial charge in [0.1, 0.15) is 11.6 Å². The number of nitrogens with two attached hydrogens (primary N) is 1. The van der Waals surface area contributed by atoms with Gasteiger partial charge in [0.15, 0.2) is 0 Å². The molecule has 0 aliphatic heterocycles. The molecule has 0 bridgehead atoms. The van der Waals surface area contributed by atoms with E-state index in [-0.39, 0.29) is 5.75 Å². The highest BCUT2D eigenvalue weighted by molar-refractivity contribution is 5.99. The summed E-state index contributed by atoms with van der Waals surface area (Å²) in [4.78, 5) is 3.12. The van der Waals surface area contributed by atoms with Gasteiger partial charge in [-0.05, 0) is 12.1 Å². The molecule has 0 fully saturated rings. The van der Waals surface area contributed by atoms with E-state index < -0.39 is 0 Å². The van der Waals surface area contributed by atoms with Crippen molar-refractivity contribution >= 4 is 16.7 Å². The molecule has 0 spiro atoms. The minimum atomic E-state index is 0.249. The van der Waals surface area contributed by atoms with Crippen molar-refractivity contribution in [3.63, 3.8) is 0 Å². The van der Waals surface area contributed by atoms with Gasteiger partial charge in [-0.1, -0.05) is 6.07 Å². The number of nitrogen functional groups attached to an aromatic ring is 1. The van der Waals surface area contributed by atoms with Crippen LogP contribution in [0.25, 0.3) is 22.2 Å². The SMILES string of the molecule is Cn1nc(N)cc1-c1c[nH]c2cccc(O)c12. The molecule has 1 aromatic carbocycles. The van der Waals surface area contributed by atoms with Crippen LogP contribution in [0.3, 0.4) is 0 Å². The summed E-state index contributed by atoms with van der Waals surface area (Å²) in [6.45, 7) is 0. The highest BCUT2D eigenvalue weighted by atomic mass is 16.3. The summed E-state index contributed by atoms with van der Waals surface area (Å²) < 4.78 is 1.70. The van der Waals surface area contributed by atoms with Crippen molar-refractivity contribution in [1.29, 1.82) is 0 Å². The molecule has 17 heavy (non-hydrogen) atoms. The Kier molecular flexibility index (Phi) is 1.89. The van der Waals surface area contributed by atoms with Crippen molar-refractivity contribution in [1.82, 2.24) is 14.8 Å². The molecule has 0 saturated heterocycles. The summed E-state index contributed by atoms with van der Waals surface area (Å²) in [6, 6.07) is 7.17. The third-order valence-corrected chi connectivity index (χ3v) is 2.86. The fraction of sp³-hybridized carbons (Fsp3) is 0.0833. The van der Waals surface area contributed by atoms with E-state index in [2.05, 4.69) is 10.1 Å². The second kappa shape index (κ2) is 3.28. The number of hydrogen-bond acceptors (Lipinski definition) is 3. The lowest BCUT2D eigenvalue weighted by atomic mass is 10.1. The van der Waals surface area contributed by atoms with Gasteiger partial charge in [-0.15, -0.1) is 0 Å². The van der Waals surface area contributed by atoms with Crippen LogP contribution in [-0.4, -0.2) is 19.9 Å². The molecular formula is C12H12N4O. The Hall–Kier alpha value is -2.43. The van der Waals surface area contributed by atoms with Crippen LogP contribution in [0.4, 0.5) is 5.82 Å². The Labute approximate surface area is 97.5 Å². The number of phenols is 1. The summed E-state index contributed by atoms with van der Waals surface area (Å²) in [5.41, 5.74) is 8.32. The van der Waals surface area contributed by atoms with Crippen LogP contribution in [0.2, 0.25) is 0 Å². The molecule has 86 valence electrons. The molecule has 0 amide bonds. The molecule has 2 aromatic heterocycles. The van der Waals surface area contributed by atoms with Gasteiger partial charge in [-0.3, -0.25) is 4.68 Å². The van der Waals surface area contributed by atoms with E-state index in [1.165, 1.54) is 0 Å². The number of aromatic hydroxyl groups is 1. The maximum absolute atomic E-state index is 9.92. The largest absolute Gasteiger partial charge is 0.507 e. The molecule has 3 rings (SSSR count). The van der Waals surface area contributed by atoms with Crippen molar-refractivity contribution in [2.24, 2.45) is 7.05 Å². The molecule has 0 unspecified atom stereocenters. The molecule has 3 aromatic rings. The normalized spacial score (nSPS) is 11.1. The minimum Gasteiger partial charge on any atom is -0.507 e. The predicted molar refractivity (Wildman–Crippen MR) is 66.6 cm³/mol. The van der Waals surface area contributed by atoms with E-state index in [9.17, 15) is 5.11 Å². The number of anilines is 1. The Morgan fingerprint density at radius 2 is 2.24 bits per heavy atom. The van der Waals surface area contributed by atoms with Crippen molar-refractivity contribution in [2.45, 2.75) is 0 Å². The van der Waals surface area contributed by atoms with Crippen LogP contribution in [0.15, 0.2) is 30.5 Å². The van der Waals surface area contributed by atoms with Crippen LogP contribution in [0.5, 0.6) is 5.75 Å². The zero-order chi connectivity index (χ0) is 12.0. The molecule has 2 heterocycles. The minimum absolute atomic E-state index is 0.249. The molecule has 5 heteroatoms. The monoisotopic (exact) mass is 228 g/mol. The third kappa shape index (κ3) is 1.36. The van der Waals surface area contributed by atoms with Crippen LogP contribution < -0.4 is 5.73 Å². The molecule has 0 radical (unpaired) electrons. The van der Waals surface area contributed by atoms with Crippen LogP contribution in [0.1, 0.15) is 0 Å². The smallest absolute Gasteiger partial charge is 0.146 e. The van der Waals surface area contributed by atoms with Gasteiger partial charge in [-0.25, -0.2) is 0 Å². The van der Waals surface area contributed by atoms with E-state index in [1.54, 1.807) is 22.9 Å². The summed E-state index contributed by atoms with van der Waals surface area (Å²) in [7, 11) is 1.82. The van der Waals surface area contributed by atoms with Crippen molar-refractivity contribution in [3.05, 3.63) is 30.5 Å². The fourth-order valence-corrected chi connectivity index (χ4v) is 2.11. The highest BCUT2D eigenvalue weighted by Gasteiger charge is 2.13. The quantitative estimate of drug-likeness (QED) is 0.594. The van der Waals surface area contributed by atoms with Gasteiger partial charge in [0.2, 0.25) is 0 Å². The number of benzene rings is 1. The summed E-state index contributed by atoms with van der Waals surface area (Å²) in [6.07, 6.45) is 1.85. The average Bonchev–Trinajstić information content (AvgIpc) is 2.83. The van der Waals surface area contributed by atoms with Crippen molar-refractivity contribution in [3.8, 4) is 17.0 Å². The number of nitrogens with zero attached hydrogens (tertiary/aromatic N) is 2. The van der Waals surface area contributed by atoms with Gasteiger partial charge in [0, 0.05) is 30.4 Å². The van der Waals surface area contributed by atoms with E-state index in [0.717, 1.165) is 22.2 Å². The van der Waals surface area contributed by atoms with Gasteiger partial charge in [-0.2, -0.15) is 5.10 Å². The lowest BCUT2D eigenvalue weighted by Crippen LogP contribution is -1.94. The van der Waals surface area contributed by atoms with E-state index in [4.69, 9.17) is 5.73 Å². The van der Waals surface area contributed by atoms with E-state index in [0.29, 0.717) is 5.82 Å². The van der Waals surface area contributed by atoms with Crippen molar-refractivity contribution < 1.29 is 5.11 Å². The zero-order valence-corrected chi connectivity index (χ0v) is 9.31. The molecule has 0 atom stereocenters. The first-order valence-corrected chi connectivity index (χ1v) is 5.26.